The van der Waals surface area contributed by atoms with E-state index in [1.807, 2.05) is 19.3 Å². The fourth-order valence-corrected chi connectivity index (χ4v) is 4.38. The molecule has 1 saturated heterocycles. The second-order valence-corrected chi connectivity index (χ2v) is 7.63. The minimum atomic E-state index is -3.84. The van der Waals surface area contributed by atoms with E-state index < -0.39 is 21.7 Å². The van der Waals surface area contributed by atoms with Crippen LogP contribution in [0.4, 0.5) is 8.78 Å². The average molecular weight is 341 g/mol. The van der Waals surface area contributed by atoms with Crippen molar-refractivity contribution in [3.05, 3.63) is 47.8 Å². The highest BCUT2D eigenvalue weighted by molar-refractivity contribution is 7.89. The van der Waals surface area contributed by atoms with Crippen molar-refractivity contribution >= 4 is 10.0 Å². The highest BCUT2D eigenvalue weighted by Crippen LogP contribution is 2.29. The van der Waals surface area contributed by atoms with E-state index in [-0.39, 0.29) is 10.8 Å². The molecule has 0 saturated carbocycles. The average Bonchev–Trinajstić information content (AvgIpc) is 2.96. The normalized spacial score (nSPS) is 19.9. The van der Waals surface area contributed by atoms with Crippen LogP contribution < -0.4 is 0 Å². The first-order valence-electron chi connectivity index (χ1n) is 7.32. The molecule has 2 heterocycles. The molecule has 2 aromatic rings. The maximum Gasteiger partial charge on any atom is 0.243 e. The summed E-state index contributed by atoms with van der Waals surface area (Å²) in [6.45, 7) is 0.656. The van der Waals surface area contributed by atoms with Gasteiger partial charge in [-0.15, -0.1) is 0 Å². The van der Waals surface area contributed by atoms with E-state index in [1.165, 1.54) is 4.31 Å². The van der Waals surface area contributed by atoms with E-state index in [0.29, 0.717) is 19.5 Å². The standard InChI is InChI=1S/C15H17F2N3O2S/c1-19-8-6-15(18-19)11-3-2-7-20(10-11)23(21,22)12-4-5-13(16)14(17)9-12/h4-6,8-9,11H,2-3,7,10H2,1H3. The molecule has 0 N–H and O–H groups in total. The van der Waals surface area contributed by atoms with Crippen molar-refractivity contribution in [1.82, 2.24) is 14.1 Å². The summed E-state index contributed by atoms with van der Waals surface area (Å²) in [5.41, 5.74) is 0.845. The van der Waals surface area contributed by atoms with Crippen LogP contribution in [0.25, 0.3) is 0 Å². The number of aryl methyl sites for hydroxylation is 1. The summed E-state index contributed by atoms with van der Waals surface area (Å²) in [6.07, 6.45) is 3.36. The molecule has 124 valence electrons. The molecule has 23 heavy (non-hydrogen) atoms. The smallest absolute Gasteiger partial charge is 0.243 e. The number of sulfonamides is 1. The molecule has 3 rings (SSSR count). The van der Waals surface area contributed by atoms with Crippen molar-refractivity contribution in [3.63, 3.8) is 0 Å². The second-order valence-electron chi connectivity index (χ2n) is 5.69. The molecule has 1 aliphatic rings. The Morgan fingerprint density at radius 1 is 1.22 bits per heavy atom. The van der Waals surface area contributed by atoms with Gasteiger partial charge in [-0.2, -0.15) is 9.40 Å². The van der Waals surface area contributed by atoms with Crippen LogP contribution >= 0.6 is 0 Å². The quantitative estimate of drug-likeness (QED) is 0.860. The molecule has 0 spiro atoms. The summed E-state index contributed by atoms with van der Waals surface area (Å²) in [4.78, 5) is -0.224. The molecule has 1 unspecified atom stereocenters. The lowest BCUT2D eigenvalue weighted by Gasteiger charge is -2.31. The zero-order chi connectivity index (χ0) is 16.6. The first kappa shape index (κ1) is 16.1. The summed E-state index contributed by atoms with van der Waals surface area (Å²) in [5, 5.41) is 4.33. The van der Waals surface area contributed by atoms with Gasteiger partial charge in [0.1, 0.15) is 0 Å². The van der Waals surface area contributed by atoms with Crippen LogP contribution in [-0.2, 0) is 17.1 Å². The van der Waals surface area contributed by atoms with Crippen LogP contribution in [0.5, 0.6) is 0 Å². The number of aromatic nitrogens is 2. The molecule has 1 aromatic heterocycles. The Balaban J connectivity index is 1.86. The number of hydrogen-bond donors (Lipinski definition) is 0. The first-order valence-corrected chi connectivity index (χ1v) is 8.76. The lowest BCUT2D eigenvalue weighted by atomic mass is 9.96. The van der Waals surface area contributed by atoms with E-state index in [2.05, 4.69) is 5.10 Å². The Morgan fingerprint density at radius 3 is 2.65 bits per heavy atom. The van der Waals surface area contributed by atoms with Crippen LogP contribution in [0.2, 0.25) is 0 Å². The van der Waals surface area contributed by atoms with Crippen molar-refractivity contribution in [2.24, 2.45) is 7.05 Å². The molecule has 1 atom stereocenters. The summed E-state index contributed by atoms with van der Waals surface area (Å²) in [7, 11) is -2.04. The van der Waals surface area contributed by atoms with Gasteiger partial charge in [0.25, 0.3) is 0 Å². The third kappa shape index (κ3) is 3.13. The zero-order valence-corrected chi connectivity index (χ0v) is 13.4. The minimum absolute atomic E-state index is 0.00465. The molecule has 8 heteroatoms. The van der Waals surface area contributed by atoms with Crippen molar-refractivity contribution in [2.75, 3.05) is 13.1 Å². The van der Waals surface area contributed by atoms with E-state index >= 15 is 0 Å². The van der Waals surface area contributed by atoms with Gasteiger partial charge >= 0.3 is 0 Å². The lowest BCUT2D eigenvalue weighted by molar-refractivity contribution is 0.311. The van der Waals surface area contributed by atoms with Crippen LogP contribution in [0, 0.1) is 11.6 Å². The van der Waals surface area contributed by atoms with Gasteiger partial charge in [-0.1, -0.05) is 0 Å². The first-order chi connectivity index (χ1) is 10.9. The molecular weight excluding hydrogens is 324 g/mol. The number of halogens is 2. The number of piperidine rings is 1. The SMILES string of the molecule is Cn1ccc(C2CCCN(S(=O)(=O)c3ccc(F)c(F)c3)C2)n1. The number of benzene rings is 1. The Labute approximate surface area is 133 Å². The molecule has 1 aromatic carbocycles. The predicted octanol–water partition coefficient (Wildman–Crippen LogP) is 2.27. The number of rotatable bonds is 3. The van der Waals surface area contributed by atoms with Crippen LogP contribution in [-0.4, -0.2) is 35.6 Å². The second kappa shape index (κ2) is 6.01. The van der Waals surface area contributed by atoms with Crippen molar-refractivity contribution in [3.8, 4) is 0 Å². The molecular formula is C15H17F2N3O2S. The largest absolute Gasteiger partial charge is 0.276 e. The highest BCUT2D eigenvalue weighted by Gasteiger charge is 2.32. The third-order valence-electron chi connectivity index (χ3n) is 4.07. The van der Waals surface area contributed by atoms with Gasteiger partial charge in [0.15, 0.2) is 11.6 Å². The molecule has 0 radical (unpaired) electrons. The Bertz CT molecular complexity index is 820. The molecule has 1 aliphatic heterocycles. The number of nitrogens with zero attached hydrogens (tertiary/aromatic N) is 3. The van der Waals surface area contributed by atoms with Crippen molar-refractivity contribution in [2.45, 2.75) is 23.7 Å². The highest BCUT2D eigenvalue weighted by atomic mass is 32.2. The van der Waals surface area contributed by atoms with Gasteiger partial charge < -0.3 is 0 Å². The lowest BCUT2D eigenvalue weighted by Crippen LogP contribution is -2.39. The molecule has 0 amide bonds. The van der Waals surface area contributed by atoms with Crippen LogP contribution in [0.3, 0.4) is 0 Å². The summed E-state index contributed by atoms with van der Waals surface area (Å²) >= 11 is 0. The van der Waals surface area contributed by atoms with Crippen molar-refractivity contribution < 1.29 is 17.2 Å². The van der Waals surface area contributed by atoms with Gasteiger partial charge in [0, 0.05) is 32.3 Å². The third-order valence-corrected chi connectivity index (χ3v) is 5.93. The Hall–Kier alpha value is -1.80. The van der Waals surface area contributed by atoms with Gasteiger partial charge in [-0.05, 0) is 37.1 Å². The fourth-order valence-electron chi connectivity index (χ4n) is 2.84. The van der Waals surface area contributed by atoms with Crippen molar-refractivity contribution in [1.29, 1.82) is 0 Å². The zero-order valence-electron chi connectivity index (χ0n) is 12.6. The number of hydrogen-bond acceptors (Lipinski definition) is 3. The summed E-state index contributed by atoms with van der Waals surface area (Å²) in [6, 6.07) is 4.54. The van der Waals surface area contributed by atoms with E-state index in [1.54, 1.807) is 4.68 Å². The maximum atomic E-state index is 13.4. The van der Waals surface area contributed by atoms with E-state index in [4.69, 9.17) is 0 Å². The maximum absolute atomic E-state index is 13.4. The molecule has 5 nitrogen and oxygen atoms in total. The molecule has 0 aliphatic carbocycles. The topological polar surface area (TPSA) is 55.2 Å². The monoisotopic (exact) mass is 341 g/mol. The fraction of sp³-hybridized carbons (Fsp3) is 0.400. The summed E-state index contributed by atoms with van der Waals surface area (Å²) in [5.74, 6) is -2.22. The minimum Gasteiger partial charge on any atom is -0.276 e. The van der Waals surface area contributed by atoms with Gasteiger partial charge in [-0.3, -0.25) is 4.68 Å². The predicted molar refractivity (Wildman–Crippen MR) is 80.3 cm³/mol. The summed E-state index contributed by atoms with van der Waals surface area (Å²) < 4.78 is 54.7. The molecule has 1 fully saturated rings. The van der Waals surface area contributed by atoms with E-state index in [0.717, 1.165) is 30.3 Å². The Kier molecular flexibility index (Phi) is 4.20. The Morgan fingerprint density at radius 2 is 2.00 bits per heavy atom. The van der Waals surface area contributed by atoms with E-state index in [9.17, 15) is 17.2 Å². The van der Waals surface area contributed by atoms with Crippen LogP contribution in [0.1, 0.15) is 24.5 Å². The van der Waals surface area contributed by atoms with Gasteiger partial charge in [0.2, 0.25) is 10.0 Å². The van der Waals surface area contributed by atoms with Crippen LogP contribution in [0.15, 0.2) is 35.4 Å². The van der Waals surface area contributed by atoms with Gasteiger partial charge in [-0.25, -0.2) is 17.2 Å². The van der Waals surface area contributed by atoms with Gasteiger partial charge in [0.05, 0.1) is 10.6 Å². The molecule has 0 bridgehead atoms.